The Balaban J connectivity index is 1.89. The number of carbonyl (C=O) groups is 1. The number of hydrogen-bond donors (Lipinski definition) is 2. The van der Waals surface area contributed by atoms with Crippen LogP contribution in [0.1, 0.15) is 31.4 Å². The van der Waals surface area contributed by atoms with Gasteiger partial charge in [-0.3, -0.25) is 9.78 Å². The van der Waals surface area contributed by atoms with Crippen LogP contribution in [0.15, 0.2) is 24.5 Å². The first kappa shape index (κ1) is 12.0. The Labute approximate surface area is 102 Å². The highest BCUT2D eigenvalue weighted by Gasteiger charge is 2.22. The van der Waals surface area contributed by atoms with Gasteiger partial charge in [-0.05, 0) is 44.0 Å². The first-order valence-corrected chi connectivity index (χ1v) is 6.18. The lowest BCUT2D eigenvalue weighted by atomic mass is 9.98. The van der Waals surface area contributed by atoms with Gasteiger partial charge in [-0.15, -0.1) is 0 Å². The summed E-state index contributed by atoms with van der Waals surface area (Å²) in [7, 11) is 0. The zero-order valence-corrected chi connectivity index (χ0v) is 10.1. The molecule has 2 heterocycles. The van der Waals surface area contributed by atoms with Crippen molar-refractivity contribution in [1.82, 2.24) is 15.6 Å². The van der Waals surface area contributed by atoms with Crippen molar-refractivity contribution in [3.8, 4) is 0 Å². The SMILES string of the molecule is CC(NC(=O)[C@@H]1CCCNC1)c1ccncc1. The molecule has 1 aromatic rings. The van der Waals surface area contributed by atoms with E-state index in [2.05, 4.69) is 15.6 Å². The number of piperidine rings is 1. The number of amides is 1. The predicted molar refractivity (Wildman–Crippen MR) is 66.4 cm³/mol. The van der Waals surface area contributed by atoms with Gasteiger partial charge < -0.3 is 10.6 Å². The Bertz CT molecular complexity index is 360. The Morgan fingerprint density at radius 2 is 2.29 bits per heavy atom. The van der Waals surface area contributed by atoms with Gasteiger partial charge in [0.15, 0.2) is 0 Å². The minimum absolute atomic E-state index is 0.0485. The molecular weight excluding hydrogens is 214 g/mol. The quantitative estimate of drug-likeness (QED) is 0.826. The number of hydrogen-bond acceptors (Lipinski definition) is 3. The van der Waals surface area contributed by atoms with E-state index >= 15 is 0 Å². The van der Waals surface area contributed by atoms with Crippen molar-refractivity contribution in [2.24, 2.45) is 5.92 Å². The van der Waals surface area contributed by atoms with Gasteiger partial charge >= 0.3 is 0 Å². The number of aromatic nitrogens is 1. The van der Waals surface area contributed by atoms with Crippen LogP contribution in [0.5, 0.6) is 0 Å². The van der Waals surface area contributed by atoms with Crippen molar-refractivity contribution in [2.75, 3.05) is 13.1 Å². The third-order valence-corrected chi connectivity index (χ3v) is 3.23. The molecule has 2 atom stereocenters. The van der Waals surface area contributed by atoms with Crippen molar-refractivity contribution >= 4 is 5.91 Å². The lowest BCUT2D eigenvalue weighted by molar-refractivity contribution is -0.126. The van der Waals surface area contributed by atoms with E-state index in [4.69, 9.17) is 0 Å². The van der Waals surface area contributed by atoms with Gasteiger partial charge in [-0.2, -0.15) is 0 Å². The Morgan fingerprint density at radius 1 is 1.53 bits per heavy atom. The summed E-state index contributed by atoms with van der Waals surface area (Å²) in [5.74, 6) is 0.273. The van der Waals surface area contributed by atoms with Crippen LogP contribution in [-0.2, 0) is 4.79 Å². The van der Waals surface area contributed by atoms with Crippen LogP contribution in [0.25, 0.3) is 0 Å². The molecule has 0 aromatic carbocycles. The number of nitrogens with one attached hydrogen (secondary N) is 2. The second-order valence-corrected chi connectivity index (χ2v) is 4.55. The molecule has 0 radical (unpaired) electrons. The molecule has 4 nitrogen and oxygen atoms in total. The highest BCUT2D eigenvalue weighted by Crippen LogP contribution is 2.14. The van der Waals surface area contributed by atoms with Crippen LogP contribution in [-0.4, -0.2) is 24.0 Å². The largest absolute Gasteiger partial charge is 0.349 e. The third kappa shape index (κ3) is 3.27. The summed E-state index contributed by atoms with van der Waals surface area (Å²) in [5, 5.41) is 6.32. The van der Waals surface area contributed by atoms with Crippen molar-refractivity contribution in [3.63, 3.8) is 0 Å². The van der Waals surface area contributed by atoms with Crippen LogP contribution in [0.3, 0.4) is 0 Å². The molecule has 0 saturated carbocycles. The van der Waals surface area contributed by atoms with Crippen LogP contribution < -0.4 is 10.6 Å². The minimum atomic E-state index is 0.0485. The minimum Gasteiger partial charge on any atom is -0.349 e. The summed E-state index contributed by atoms with van der Waals surface area (Å²) in [4.78, 5) is 16.0. The first-order chi connectivity index (χ1) is 8.27. The van der Waals surface area contributed by atoms with Gasteiger partial charge in [0.2, 0.25) is 5.91 Å². The molecule has 92 valence electrons. The summed E-state index contributed by atoms with van der Waals surface area (Å²) < 4.78 is 0. The molecule has 1 unspecified atom stereocenters. The fourth-order valence-corrected chi connectivity index (χ4v) is 2.14. The number of rotatable bonds is 3. The van der Waals surface area contributed by atoms with Crippen LogP contribution in [0.4, 0.5) is 0 Å². The predicted octanol–water partition coefficient (Wildman–Crippen LogP) is 1.26. The maximum atomic E-state index is 12.0. The molecular formula is C13H19N3O. The van der Waals surface area contributed by atoms with Crippen molar-refractivity contribution in [3.05, 3.63) is 30.1 Å². The molecule has 1 fully saturated rings. The molecule has 1 aromatic heterocycles. The molecule has 0 aliphatic carbocycles. The Kier molecular flexibility index (Phi) is 4.09. The second-order valence-electron chi connectivity index (χ2n) is 4.55. The van der Waals surface area contributed by atoms with Gasteiger partial charge in [0, 0.05) is 18.9 Å². The molecule has 1 aliphatic heterocycles. The van der Waals surface area contributed by atoms with E-state index in [1.165, 1.54) is 0 Å². The van der Waals surface area contributed by atoms with Crippen LogP contribution in [0.2, 0.25) is 0 Å². The smallest absolute Gasteiger partial charge is 0.224 e. The lowest BCUT2D eigenvalue weighted by Crippen LogP contribution is -2.41. The molecule has 4 heteroatoms. The Hall–Kier alpha value is -1.42. The topological polar surface area (TPSA) is 54.0 Å². The zero-order valence-electron chi connectivity index (χ0n) is 10.1. The first-order valence-electron chi connectivity index (χ1n) is 6.18. The highest BCUT2D eigenvalue weighted by molar-refractivity contribution is 5.79. The molecule has 1 amide bonds. The van der Waals surface area contributed by atoms with E-state index in [1.807, 2.05) is 19.1 Å². The molecule has 17 heavy (non-hydrogen) atoms. The molecule has 0 spiro atoms. The van der Waals surface area contributed by atoms with Gasteiger partial charge in [0.05, 0.1) is 12.0 Å². The van der Waals surface area contributed by atoms with Crippen LogP contribution in [0, 0.1) is 5.92 Å². The van der Waals surface area contributed by atoms with E-state index in [0.717, 1.165) is 31.5 Å². The highest BCUT2D eigenvalue weighted by atomic mass is 16.1. The van der Waals surface area contributed by atoms with E-state index in [9.17, 15) is 4.79 Å². The molecule has 1 aliphatic rings. The fraction of sp³-hybridized carbons (Fsp3) is 0.538. The molecule has 2 N–H and O–H groups in total. The lowest BCUT2D eigenvalue weighted by Gasteiger charge is -2.24. The van der Waals surface area contributed by atoms with Crippen molar-refractivity contribution in [2.45, 2.75) is 25.8 Å². The third-order valence-electron chi connectivity index (χ3n) is 3.23. The summed E-state index contributed by atoms with van der Waals surface area (Å²) >= 11 is 0. The molecule has 0 bridgehead atoms. The summed E-state index contributed by atoms with van der Waals surface area (Å²) in [6.45, 7) is 3.84. The van der Waals surface area contributed by atoms with Gasteiger partial charge in [0.25, 0.3) is 0 Å². The summed E-state index contributed by atoms with van der Waals surface area (Å²) in [5.41, 5.74) is 1.09. The molecule has 1 saturated heterocycles. The second kappa shape index (κ2) is 5.77. The maximum Gasteiger partial charge on any atom is 0.224 e. The van der Waals surface area contributed by atoms with E-state index in [0.29, 0.717) is 0 Å². The monoisotopic (exact) mass is 233 g/mol. The van der Waals surface area contributed by atoms with Crippen molar-refractivity contribution in [1.29, 1.82) is 0 Å². The maximum absolute atomic E-state index is 12.0. The van der Waals surface area contributed by atoms with Gasteiger partial charge in [-0.1, -0.05) is 0 Å². The van der Waals surface area contributed by atoms with E-state index in [-0.39, 0.29) is 17.9 Å². The van der Waals surface area contributed by atoms with E-state index < -0.39 is 0 Å². The fourth-order valence-electron chi connectivity index (χ4n) is 2.14. The Morgan fingerprint density at radius 3 is 2.94 bits per heavy atom. The number of nitrogens with zero attached hydrogens (tertiary/aromatic N) is 1. The molecule has 2 rings (SSSR count). The van der Waals surface area contributed by atoms with Gasteiger partial charge in [0.1, 0.15) is 0 Å². The summed E-state index contributed by atoms with van der Waals surface area (Å²) in [6.07, 6.45) is 5.57. The van der Waals surface area contributed by atoms with Gasteiger partial charge in [-0.25, -0.2) is 0 Å². The van der Waals surface area contributed by atoms with E-state index in [1.54, 1.807) is 12.4 Å². The summed E-state index contributed by atoms with van der Waals surface area (Å²) in [6, 6.07) is 3.92. The standard InChI is InChI=1S/C13H19N3O/c1-10(11-4-7-14-8-5-11)16-13(17)12-3-2-6-15-9-12/h4-5,7-8,10,12,15H,2-3,6,9H2,1H3,(H,16,17)/t10?,12-/m1/s1. The zero-order chi connectivity index (χ0) is 12.1. The average Bonchev–Trinajstić information content (AvgIpc) is 2.40. The van der Waals surface area contributed by atoms with Crippen LogP contribution >= 0.6 is 0 Å². The normalized spacial score (nSPS) is 21.8. The number of pyridine rings is 1. The van der Waals surface area contributed by atoms with Crippen molar-refractivity contribution < 1.29 is 4.79 Å². The number of carbonyl (C=O) groups excluding carboxylic acids is 1. The average molecular weight is 233 g/mol.